The van der Waals surface area contributed by atoms with Crippen molar-refractivity contribution in [1.29, 1.82) is 0 Å². The van der Waals surface area contributed by atoms with Crippen molar-refractivity contribution >= 4 is 5.97 Å². The Morgan fingerprint density at radius 3 is 2.44 bits per heavy atom. The second-order valence-corrected chi connectivity index (χ2v) is 5.68. The van der Waals surface area contributed by atoms with Crippen molar-refractivity contribution in [2.75, 3.05) is 0 Å². The highest BCUT2D eigenvalue weighted by atomic mass is 16.6. The van der Waals surface area contributed by atoms with Crippen molar-refractivity contribution < 1.29 is 9.53 Å². The molecule has 0 unspecified atom stereocenters. The maximum atomic E-state index is 12.1. The Kier molecular flexibility index (Phi) is 3.94. The Morgan fingerprint density at radius 1 is 1.33 bits per heavy atom. The summed E-state index contributed by atoms with van der Waals surface area (Å²) in [6.07, 6.45) is 10.1. The highest BCUT2D eigenvalue weighted by molar-refractivity contribution is 5.75. The predicted octanol–water partition coefficient (Wildman–Crippen LogP) is 3.88. The zero-order valence-electron chi connectivity index (χ0n) is 11.4. The van der Waals surface area contributed by atoms with Gasteiger partial charge in [-0.25, -0.2) is 0 Å². The highest BCUT2D eigenvalue weighted by Crippen LogP contribution is 2.52. The Hall–Kier alpha value is -1.05. The molecule has 1 aliphatic heterocycles. The minimum Gasteiger partial charge on any atom is -0.458 e. The summed E-state index contributed by atoms with van der Waals surface area (Å²) in [6, 6.07) is 0. The van der Waals surface area contributed by atoms with Crippen LogP contribution in [0.2, 0.25) is 0 Å². The number of carbonyl (C=O) groups excluding carboxylic acids is 1. The fourth-order valence-electron chi connectivity index (χ4n) is 3.66. The molecule has 100 valence electrons. The molecule has 0 aromatic carbocycles. The molecule has 0 aromatic rings. The van der Waals surface area contributed by atoms with Crippen LogP contribution in [0, 0.1) is 17.8 Å². The predicted molar refractivity (Wildman–Crippen MR) is 73.1 cm³/mol. The van der Waals surface area contributed by atoms with Crippen LogP contribution < -0.4 is 0 Å². The molecule has 3 atom stereocenters. The lowest BCUT2D eigenvalue weighted by atomic mass is 9.78. The smallest absolute Gasteiger partial charge is 0.309 e. The van der Waals surface area contributed by atoms with Crippen LogP contribution in [-0.4, -0.2) is 11.6 Å². The number of hydrogen-bond donors (Lipinski definition) is 0. The van der Waals surface area contributed by atoms with Gasteiger partial charge >= 0.3 is 5.97 Å². The van der Waals surface area contributed by atoms with E-state index in [1.807, 2.05) is 12.2 Å². The third kappa shape index (κ3) is 2.02. The quantitative estimate of drug-likeness (QED) is 0.545. The summed E-state index contributed by atoms with van der Waals surface area (Å²) in [5, 5.41) is 0. The zero-order chi connectivity index (χ0) is 13.2. The first-order valence-electron chi connectivity index (χ1n) is 7.16. The number of unbranched alkanes of at least 4 members (excludes halogenated alkanes) is 1. The van der Waals surface area contributed by atoms with Crippen LogP contribution in [0.3, 0.4) is 0 Å². The van der Waals surface area contributed by atoms with Crippen molar-refractivity contribution in [3.05, 3.63) is 25.3 Å². The fourth-order valence-corrected chi connectivity index (χ4v) is 3.66. The van der Waals surface area contributed by atoms with Crippen LogP contribution in [0.4, 0.5) is 0 Å². The molecule has 1 heterocycles. The minimum absolute atomic E-state index is 0.00375. The lowest BCUT2D eigenvalue weighted by Gasteiger charge is -2.32. The number of rotatable bonds is 5. The van der Waals surface area contributed by atoms with Gasteiger partial charge in [0.25, 0.3) is 0 Å². The topological polar surface area (TPSA) is 26.3 Å². The average molecular weight is 248 g/mol. The summed E-state index contributed by atoms with van der Waals surface area (Å²) in [5.41, 5.74) is -0.320. The van der Waals surface area contributed by atoms with Crippen molar-refractivity contribution in [3.63, 3.8) is 0 Å². The molecule has 2 heteroatoms. The molecule has 0 N–H and O–H groups in total. The average Bonchev–Trinajstić information content (AvgIpc) is 2.87. The first-order valence-corrected chi connectivity index (χ1v) is 7.16. The summed E-state index contributed by atoms with van der Waals surface area (Å²) < 4.78 is 5.85. The molecule has 2 aliphatic rings. The van der Waals surface area contributed by atoms with Gasteiger partial charge in [-0.15, -0.1) is 13.2 Å². The summed E-state index contributed by atoms with van der Waals surface area (Å²) in [4.78, 5) is 12.1. The summed E-state index contributed by atoms with van der Waals surface area (Å²) >= 11 is 0. The standard InChI is InChI=1S/C16H24O2/c1-4-7-8-12-11-16(18-15(12)17)13(5-2)9-10-14(16)6-3/h5-6,12-14H,2-4,7-11H2,1H3/t12-,13+,14+/m0/s1. The third-order valence-corrected chi connectivity index (χ3v) is 4.71. The van der Waals surface area contributed by atoms with E-state index in [0.29, 0.717) is 11.8 Å². The maximum absolute atomic E-state index is 12.1. The molecule has 0 radical (unpaired) electrons. The van der Waals surface area contributed by atoms with E-state index in [2.05, 4.69) is 20.1 Å². The first-order chi connectivity index (χ1) is 8.67. The third-order valence-electron chi connectivity index (χ3n) is 4.71. The van der Waals surface area contributed by atoms with Gasteiger partial charge in [0.2, 0.25) is 0 Å². The molecule has 1 saturated heterocycles. The minimum atomic E-state index is -0.320. The molecule has 2 nitrogen and oxygen atoms in total. The molecule has 0 aromatic heterocycles. The van der Waals surface area contributed by atoms with Gasteiger partial charge in [0, 0.05) is 18.3 Å². The van der Waals surface area contributed by atoms with E-state index in [1.165, 1.54) is 0 Å². The van der Waals surface area contributed by atoms with Crippen molar-refractivity contribution in [2.45, 2.75) is 51.0 Å². The van der Waals surface area contributed by atoms with Gasteiger partial charge in [0.15, 0.2) is 0 Å². The van der Waals surface area contributed by atoms with E-state index in [1.54, 1.807) is 0 Å². The van der Waals surface area contributed by atoms with Gasteiger partial charge in [-0.05, 0) is 19.3 Å². The van der Waals surface area contributed by atoms with E-state index in [4.69, 9.17) is 4.74 Å². The van der Waals surface area contributed by atoms with Gasteiger partial charge in [-0.2, -0.15) is 0 Å². The molecule has 1 spiro atoms. The molecule has 1 aliphatic carbocycles. The summed E-state index contributed by atoms with van der Waals surface area (Å²) in [5.74, 6) is 0.698. The monoisotopic (exact) mass is 248 g/mol. The largest absolute Gasteiger partial charge is 0.458 e. The lowest BCUT2D eigenvalue weighted by Crippen LogP contribution is -2.38. The molecule has 0 bridgehead atoms. The lowest BCUT2D eigenvalue weighted by molar-refractivity contribution is -0.154. The van der Waals surface area contributed by atoms with Crippen molar-refractivity contribution in [1.82, 2.24) is 0 Å². The number of carbonyl (C=O) groups is 1. The Bertz CT molecular complexity index is 329. The van der Waals surface area contributed by atoms with Crippen molar-refractivity contribution in [2.24, 2.45) is 17.8 Å². The second-order valence-electron chi connectivity index (χ2n) is 5.68. The van der Waals surface area contributed by atoms with E-state index < -0.39 is 0 Å². The highest BCUT2D eigenvalue weighted by Gasteiger charge is 2.57. The van der Waals surface area contributed by atoms with Gasteiger partial charge in [0.05, 0.1) is 5.92 Å². The normalized spacial score (nSPS) is 33.6. The van der Waals surface area contributed by atoms with E-state index in [9.17, 15) is 4.79 Å². The number of esters is 1. The molecular formula is C16H24O2. The molecule has 2 fully saturated rings. The van der Waals surface area contributed by atoms with Gasteiger partial charge < -0.3 is 4.74 Å². The van der Waals surface area contributed by atoms with Crippen LogP contribution in [0.5, 0.6) is 0 Å². The first kappa shape index (κ1) is 13.4. The Balaban J connectivity index is 2.17. The van der Waals surface area contributed by atoms with E-state index in [-0.39, 0.29) is 17.5 Å². The molecule has 18 heavy (non-hydrogen) atoms. The summed E-state index contributed by atoms with van der Waals surface area (Å²) in [7, 11) is 0. The van der Waals surface area contributed by atoms with E-state index >= 15 is 0 Å². The summed E-state index contributed by atoms with van der Waals surface area (Å²) in [6.45, 7) is 9.99. The number of ether oxygens (including phenoxy) is 1. The Labute approximate surface area is 110 Å². The second kappa shape index (κ2) is 5.29. The van der Waals surface area contributed by atoms with Gasteiger partial charge in [-0.3, -0.25) is 4.79 Å². The molecular weight excluding hydrogens is 224 g/mol. The van der Waals surface area contributed by atoms with Crippen molar-refractivity contribution in [3.8, 4) is 0 Å². The van der Waals surface area contributed by atoms with Gasteiger partial charge in [0.1, 0.15) is 5.60 Å². The van der Waals surface area contributed by atoms with E-state index in [0.717, 1.165) is 38.5 Å². The molecule has 1 saturated carbocycles. The van der Waals surface area contributed by atoms with Crippen LogP contribution in [-0.2, 0) is 9.53 Å². The SMILES string of the molecule is C=C[C@@H]1CC[C@@H](C=C)C12C[C@H](CCCC)C(=O)O2. The molecule has 2 rings (SSSR count). The van der Waals surface area contributed by atoms with Crippen LogP contribution in [0.1, 0.15) is 45.4 Å². The fraction of sp³-hybridized carbons (Fsp3) is 0.688. The van der Waals surface area contributed by atoms with Crippen LogP contribution in [0.15, 0.2) is 25.3 Å². The maximum Gasteiger partial charge on any atom is 0.309 e. The van der Waals surface area contributed by atoms with Gasteiger partial charge in [-0.1, -0.05) is 31.9 Å². The Morgan fingerprint density at radius 2 is 1.94 bits per heavy atom. The van der Waals surface area contributed by atoms with Crippen LogP contribution in [0.25, 0.3) is 0 Å². The number of hydrogen-bond acceptors (Lipinski definition) is 2. The van der Waals surface area contributed by atoms with Crippen LogP contribution >= 0.6 is 0 Å². The zero-order valence-corrected chi connectivity index (χ0v) is 11.4. The molecule has 0 amide bonds.